The molecule has 4 fully saturated rings. The molecule has 39 heteroatoms. The van der Waals surface area contributed by atoms with Crippen LogP contribution in [0.4, 0.5) is 26.7 Å². The highest BCUT2D eigenvalue weighted by Gasteiger charge is 2.65. The summed E-state index contributed by atoms with van der Waals surface area (Å²) in [6, 6.07) is 15.8. The lowest BCUT2D eigenvalue weighted by Crippen LogP contribution is -2.72. The monoisotopic (exact) mass is 1540 g/mol. The van der Waals surface area contributed by atoms with Gasteiger partial charge in [-0.3, -0.25) is 38.4 Å². The number of amides is 2. The molecule has 0 bridgehead atoms. The molecule has 5 aliphatic rings. The number of carbonyl (C=O) groups excluding carboxylic acids is 11. The van der Waals surface area contributed by atoms with Crippen LogP contribution in [0.25, 0.3) is 21.6 Å². The normalized spacial score (nSPS) is 26.5. The number of halogens is 5. The van der Waals surface area contributed by atoms with Gasteiger partial charge in [0.1, 0.15) is 68.6 Å². The van der Waals surface area contributed by atoms with Crippen molar-refractivity contribution in [1.82, 2.24) is 10.6 Å². The maximum Gasteiger partial charge on any atom is 0.407 e. The van der Waals surface area contributed by atoms with Crippen molar-refractivity contribution < 1.29 is 160 Å². The van der Waals surface area contributed by atoms with Gasteiger partial charge >= 0.3 is 59.8 Å². The zero-order valence-corrected chi connectivity index (χ0v) is 59.6. The molecule has 0 saturated carbocycles. The van der Waals surface area contributed by atoms with Crippen LogP contribution < -0.4 is 15.4 Å². The Morgan fingerprint density at radius 3 is 1.80 bits per heavy atom. The Bertz CT molecular complexity index is 4070. The molecule has 19 atom stereocenters. The van der Waals surface area contributed by atoms with E-state index in [1.54, 1.807) is 66.7 Å². The topological polar surface area (TPSA) is 427 Å². The van der Waals surface area contributed by atoms with E-state index in [1.807, 2.05) is 12.1 Å². The van der Waals surface area contributed by atoms with E-state index in [9.17, 15) is 66.6 Å². The van der Waals surface area contributed by atoms with Gasteiger partial charge < -0.3 is 95.9 Å². The van der Waals surface area contributed by atoms with Gasteiger partial charge in [-0.2, -0.15) is 8.78 Å². The fourth-order valence-electron chi connectivity index (χ4n) is 13.1. The summed E-state index contributed by atoms with van der Waals surface area (Å²) in [5.74, 6) is -31.4. The Labute approximate surface area is 615 Å². The van der Waals surface area contributed by atoms with Gasteiger partial charge in [-0.25, -0.2) is 27.6 Å². The van der Waals surface area contributed by atoms with Crippen molar-refractivity contribution in [2.75, 3.05) is 33.5 Å². The number of ether oxygens (including phenoxy) is 18. The van der Waals surface area contributed by atoms with E-state index >= 15 is 13.6 Å². The molecule has 1 aliphatic carbocycles. The second kappa shape index (κ2) is 36.1. The first-order chi connectivity index (χ1) is 51.7. The molecule has 0 aromatic heterocycles. The maximum absolute atomic E-state index is 15.4. The summed E-state index contributed by atoms with van der Waals surface area (Å²) in [4.78, 5) is 152. The van der Waals surface area contributed by atoms with Crippen LogP contribution in [0.15, 0.2) is 84.0 Å². The molecule has 2 amide bonds. The fourth-order valence-corrected chi connectivity index (χ4v) is 13.1. The minimum absolute atomic E-state index is 0.334. The third-order valence-electron chi connectivity index (χ3n) is 17.4. The van der Waals surface area contributed by atoms with E-state index in [0.717, 1.165) is 80.6 Å². The number of hydrogen-bond acceptors (Lipinski definition) is 30. The number of nitrogens with one attached hydrogen (secondary N) is 2. The van der Waals surface area contributed by atoms with Gasteiger partial charge in [0, 0.05) is 71.8 Å². The Kier molecular flexibility index (Phi) is 27.4. The van der Waals surface area contributed by atoms with E-state index < -0.39 is 255 Å². The molecule has 2 N–H and O–H groups in total. The lowest BCUT2D eigenvalue weighted by Gasteiger charge is -2.53. The molecule has 109 heavy (non-hydrogen) atoms. The van der Waals surface area contributed by atoms with Gasteiger partial charge in [0.15, 0.2) is 49.3 Å². The molecule has 588 valence electrons. The van der Waals surface area contributed by atoms with Crippen LogP contribution >= 0.6 is 0 Å². The average molecular weight is 1540 g/mol. The van der Waals surface area contributed by atoms with Crippen molar-refractivity contribution in [3.8, 4) is 16.9 Å². The Hall–Kier alpha value is -10.5. The quantitative estimate of drug-likeness (QED) is 0.00849. The van der Waals surface area contributed by atoms with Crippen molar-refractivity contribution in [3.63, 3.8) is 0 Å². The van der Waals surface area contributed by atoms with Gasteiger partial charge in [-0.1, -0.05) is 84.0 Å². The zero-order chi connectivity index (χ0) is 79.5. The number of fused-ring (bicyclic) bond motifs is 4. The van der Waals surface area contributed by atoms with Gasteiger partial charge in [0.25, 0.3) is 5.79 Å². The predicted molar refractivity (Wildman–Crippen MR) is 347 cm³/mol. The van der Waals surface area contributed by atoms with Gasteiger partial charge in [0.2, 0.25) is 40.7 Å². The van der Waals surface area contributed by atoms with Crippen molar-refractivity contribution >= 4 is 65.7 Å². The number of hydrogen-bond donors (Lipinski definition) is 2. The van der Waals surface area contributed by atoms with Crippen LogP contribution in [-0.4, -0.2) is 209 Å². The van der Waals surface area contributed by atoms with E-state index in [-0.39, 0.29) is 0 Å². The number of azide groups is 1. The van der Waals surface area contributed by atoms with Crippen molar-refractivity contribution in [3.05, 3.63) is 135 Å². The number of benzene rings is 4. The van der Waals surface area contributed by atoms with Crippen LogP contribution in [-0.2, 0) is 128 Å². The molecule has 4 aromatic carbocycles. The van der Waals surface area contributed by atoms with Gasteiger partial charge in [0.05, 0.1) is 32.3 Å². The highest BCUT2D eigenvalue weighted by atomic mass is 19.2. The SMILES string of the molecule is COC(=O)[C@@]1(O[C@H]2[C@@H](OC(C)=O)[C@@H](COC(C)=O)O[C@@H](O[C@@H]3[C@@H](N=[N+]=[N-])[C@@H](O[C@H](C)[C@H](NC(=O)OCC4c5ccccc5-c5ccccc54)C(=O)Oc4c(F)c(F)c(F)c(F)c4F)O[C@@H]4CO[C@H](c5ccccc5)O[C@H]34)[C@@H]2OC(C)=O)C[C@H](OC(C)=O)[C@@H](NC(C)=O)[C@H]([C@H](OC(C)=O)[C@@H](COC(C)=O)OC(C)=O)O1. The smallest absolute Gasteiger partial charge is 0.407 e. The molecule has 34 nitrogen and oxygen atoms in total. The van der Waals surface area contributed by atoms with E-state index in [1.165, 1.54) is 0 Å². The number of carbonyl (C=O) groups is 11. The average Bonchev–Trinajstić information content (AvgIpc) is 1.56. The first kappa shape index (κ1) is 82.5. The highest BCUT2D eigenvalue weighted by Crippen LogP contribution is 2.47. The first-order valence-corrected chi connectivity index (χ1v) is 33.4. The van der Waals surface area contributed by atoms with E-state index in [0.29, 0.717) is 16.7 Å². The Balaban J connectivity index is 1.16. The third kappa shape index (κ3) is 19.5. The van der Waals surface area contributed by atoms with Crippen LogP contribution in [0.2, 0.25) is 0 Å². The molecule has 0 radical (unpaired) electrons. The zero-order valence-electron chi connectivity index (χ0n) is 59.6. The summed E-state index contributed by atoms with van der Waals surface area (Å²) in [5.41, 5.74) is 13.9. The minimum Gasteiger partial charge on any atom is -0.465 e. The number of alkyl carbamates (subject to hydrolysis) is 1. The summed E-state index contributed by atoms with van der Waals surface area (Å²) in [6.45, 7) is 5.28. The molecule has 4 saturated heterocycles. The van der Waals surface area contributed by atoms with Crippen LogP contribution in [0.5, 0.6) is 5.75 Å². The lowest BCUT2D eigenvalue weighted by molar-refractivity contribution is -0.394. The van der Waals surface area contributed by atoms with Gasteiger partial charge in [-0.15, -0.1) is 0 Å². The molecule has 0 spiro atoms. The molecule has 0 unspecified atom stereocenters. The third-order valence-corrected chi connectivity index (χ3v) is 17.4. The minimum atomic E-state index is -3.29. The summed E-state index contributed by atoms with van der Waals surface area (Å²) < 4.78 is 182. The summed E-state index contributed by atoms with van der Waals surface area (Å²) in [6.07, 6.45) is -33.1. The second-order valence-corrected chi connectivity index (χ2v) is 25.1. The number of nitrogens with zero attached hydrogens (tertiary/aromatic N) is 3. The van der Waals surface area contributed by atoms with Crippen molar-refractivity contribution in [1.29, 1.82) is 0 Å². The molecule has 4 aliphatic heterocycles. The largest absolute Gasteiger partial charge is 0.465 e. The van der Waals surface area contributed by atoms with E-state index in [2.05, 4.69) is 20.7 Å². The summed E-state index contributed by atoms with van der Waals surface area (Å²) >= 11 is 0. The second-order valence-electron chi connectivity index (χ2n) is 25.1. The Morgan fingerprint density at radius 1 is 0.642 bits per heavy atom. The van der Waals surface area contributed by atoms with Crippen molar-refractivity contribution in [2.45, 2.75) is 191 Å². The Morgan fingerprint density at radius 2 is 1.23 bits per heavy atom. The van der Waals surface area contributed by atoms with Crippen LogP contribution in [0.1, 0.15) is 97.6 Å². The predicted octanol–water partition coefficient (Wildman–Crippen LogP) is 5.56. The molecular formula is C70H74F5N5O29. The molecule has 4 aromatic rings. The molecular weight excluding hydrogens is 1470 g/mol. The molecule has 9 rings (SSSR count). The fraction of sp³-hybridized carbons (Fsp3) is 0.500. The standard InChI is InChI=1S/C70H74F5N5O29/c1-29(53(64(89)105-59-51(74)49(72)48(71)50(73)52(59)75)78-69(91)96-25-43-41-22-16-14-20-39(41)40-21-15-17-23-42(40)43)97-66-55(79-80-76)60(56-47(103-66)28-95-65(106-56)38-18-12-11-13-19-38)107-67-63(102-37(9)88)62(58(101-36(8)87)46(104-67)27-94-32(4)83)109-70(68(90)92-10)24-44(98-33(5)84)54(77-30(2)81)61(108-70)57(100-35(7)86)45(99-34(6)85)26-93-31(3)82/h11-23,29,43-47,53-58,60-63,65-67H,24-28H2,1-10H3,(H,77,81)(H,78,91)/t29-,44+,45-,46-,47-,53+,54-,55-,56+,57-,58+,60-,61-,62+,63-,65+,66+,67+,70+/m1/s1. The van der Waals surface area contributed by atoms with E-state index in [4.69, 9.17) is 85.3 Å². The highest BCUT2D eigenvalue weighted by molar-refractivity contribution is 5.84. The number of esters is 9. The summed E-state index contributed by atoms with van der Waals surface area (Å²) in [5, 5.41) is 8.59. The lowest BCUT2D eigenvalue weighted by atomic mass is 9.87. The van der Waals surface area contributed by atoms with Gasteiger partial charge in [-0.05, 0) is 34.7 Å². The van der Waals surface area contributed by atoms with Crippen LogP contribution in [0.3, 0.4) is 0 Å². The van der Waals surface area contributed by atoms with Crippen LogP contribution in [0, 0.1) is 29.1 Å². The summed E-state index contributed by atoms with van der Waals surface area (Å²) in [7, 11) is 0.786. The molecule has 4 heterocycles. The number of rotatable bonds is 27. The number of methoxy groups -OCH3 is 1. The first-order valence-electron chi connectivity index (χ1n) is 33.4. The maximum atomic E-state index is 15.4. The van der Waals surface area contributed by atoms with Crippen molar-refractivity contribution in [2.24, 2.45) is 5.11 Å².